The van der Waals surface area contributed by atoms with E-state index in [0.29, 0.717) is 37.9 Å². The number of ether oxygens (including phenoxy) is 3. The monoisotopic (exact) mass is 606 g/mol. The van der Waals surface area contributed by atoms with Gasteiger partial charge in [0, 0.05) is 50.9 Å². The van der Waals surface area contributed by atoms with Crippen LogP contribution in [-0.2, 0) is 19.0 Å². The molecule has 10 nitrogen and oxygen atoms in total. The number of aliphatic hydroxyl groups excluding tert-OH is 1. The van der Waals surface area contributed by atoms with Crippen molar-refractivity contribution < 1.29 is 39.1 Å². The summed E-state index contributed by atoms with van der Waals surface area (Å²) in [6.07, 6.45) is 10.3. The first-order valence-corrected chi connectivity index (χ1v) is 16.0. The van der Waals surface area contributed by atoms with E-state index in [0.717, 1.165) is 25.9 Å². The lowest BCUT2D eigenvalue weighted by atomic mass is 9.89. The van der Waals surface area contributed by atoms with Gasteiger partial charge in [0.15, 0.2) is 0 Å². The molecule has 3 aliphatic heterocycles. The predicted molar refractivity (Wildman–Crippen MR) is 164 cm³/mol. The van der Waals surface area contributed by atoms with E-state index in [1.807, 2.05) is 20.8 Å². The summed E-state index contributed by atoms with van der Waals surface area (Å²) in [5.41, 5.74) is -0.785. The first kappa shape index (κ1) is 35.2. The maximum atomic E-state index is 12.9. The summed E-state index contributed by atoms with van der Waals surface area (Å²) < 4.78 is 17.4. The fraction of sp³-hybridized carbons (Fsp3) is 0.758. The summed E-state index contributed by atoms with van der Waals surface area (Å²) in [6, 6.07) is 0. The Morgan fingerprint density at radius 2 is 1.98 bits per heavy atom. The number of hydrogen-bond donors (Lipinski definition) is 4. The number of esters is 1. The molecule has 0 aromatic heterocycles. The van der Waals surface area contributed by atoms with Gasteiger partial charge in [-0.25, -0.2) is 4.79 Å². The molecule has 3 rings (SSSR count). The molecule has 3 heterocycles. The molecule has 0 spiro atoms. The molecule has 4 unspecified atom stereocenters. The molecular weight excluding hydrogens is 552 g/mol. The minimum atomic E-state index is -1.93. The van der Waals surface area contributed by atoms with Gasteiger partial charge >= 0.3 is 12.1 Å². The zero-order valence-corrected chi connectivity index (χ0v) is 26.8. The highest BCUT2D eigenvalue weighted by Crippen LogP contribution is 2.38. The van der Waals surface area contributed by atoms with Crippen molar-refractivity contribution in [2.24, 2.45) is 17.8 Å². The third kappa shape index (κ3) is 10.1. The number of nitrogens with one attached hydrogen (secondary N) is 1. The number of aliphatic hydroxyl groups is 3. The van der Waals surface area contributed by atoms with Crippen molar-refractivity contribution in [1.82, 2.24) is 10.2 Å². The topological polar surface area (TPSA) is 141 Å². The van der Waals surface area contributed by atoms with E-state index in [-0.39, 0.29) is 36.6 Å². The number of allylic oxidation sites excluding steroid dienone is 2. The van der Waals surface area contributed by atoms with E-state index in [1.54, 1.807) is 56.1 Å². The molecule has 43 heavy (non-hydrogen) atoms. The number of amides is 1. The van der Waals surface area contributed by atoms with Crippen molar-refractivity contribution in [3.05, 3.63) is 36.0 Å². The SMILES string of the molecule is CC[C@H](O)[C@@H](C)[C@H]1O[C@@H]1C[C@@](C)(O)/C=C/C=C(\C)C1(O)OC(=O)CCCCC(C)C(OC(=O)N2CCNCC2)C=CC1C. The molecule has 9 atom stereocenters. The third-order valence-electron chi connectivity index (χ3n) is 9.09. The van der Waals surface area contributed by atoms with Crippen molar-refractivity contribution in [2.45, 2.75) is 116 Å². The minimum absolute atomic E-state index is 0.00957. The van der Waals surface area contributed by atoms with E-state index >= 15 is 0 Å². The Labute approximate surface area is 257 Å². The highest BCUT2D eigenvalue weighted by Gasteiger charge is 2.47. The zero-order valence-electron chi connectivity index (χ0n) is 26.8. The van der Waals surface area contributed by atoms with E-state index in [2.05, 4.69) is 5.32 Å². The van der Waals surface area contributed by atoms with Gasteiger partial charge in [0.1, 0.15) is 6.10 Å². The number of hydrogen-bond acceptors (Lipinski definition) is 9. The van der Waals surface area contributed by atoms with Crippen molar-refractivity contribution in [2.75, 3.05) is 26.2 Å². The van der Waals surface area contributed by atoms with E-state index < -0.39 is 35.5 Å². The number of nitrogens with zero attached hydrogens (tertiary/aromatic N) is 1. The Hall–Kier alpha value is -2.24. The van der Waals surface area contributed by atoms with E-state index in [9.17, 15) is 24.9 Å². The normalized spacial score (nSPS) is 34.0. The van der Waals surface area contributed by atoms with Crippen LogP contribution in [0.1, 0.15) is 80.1 Å². The van der Waals surface area contributed by atoms with Crippen LogP contribution < -0.4 is 5.32 Å². The second-order valence-electron chi connectivity index (χ2n) is 12.9. The van der Waals surface area contributed by atoms with Crippen LogP contribution in [0, 0.1) is 17.8 Å². The fourth-order valence-electron chi connectivity index (χ4n) is 5.82. The van der Waals surface area contributed by atoms with Gasteiger partial charge in [-0.15, -0.1) is 0 Å². The maximum absolute atomic E-state index is 12.9. The number of epoxide rings is 1. The molecule has 10 heteroatoms. The van der Waals surface area contributed by atoms with Gasteiger partial charge in [-0.3, -0.25) is 4.79 Å². The van der Waals surface area contributed by atoms with Crippen LogP contribution in [0.2, 0.25) is 0 Å². The van der Waals surface area contributed by atoms with Crippen LogP contribution in [0.25, 0.3) is 0 Å². The molecule has 0 aromatic rings. The first-order chi connectivity index (χ1) is 20.3. The summed E-state index contributed by atoms with van der Waals surface area (Å²) in [5.74, 6) is -3.05. The van der Waals surface area contributed by atoms with Gasteiger partial charge in [0.2, 0.25) is 5.79 Å². The summed E-state index contributed by atoms with van der Waals surface area (Å²) in [7, 11) is 0. The molecule has 0 saturated carbocycles. The predicted octanol–water partition coefficient (Wildman–Crippen LogP) is 3.85. The molecular formula is C33H54N2O8. The van der Waals surface area contributed by atoms with Crippen molar-refractivity contribution in [3.63, 3.8) is 0 Å². The number of piperazine rings is 1. The lowest BCUT2D eigenvalue weighted by Gasteiger charge is -2.34. The quantitative estimate of drug-likeness (QED) is 0.133. The summed E-state index contributed by atoms with van der Waals surface area (Å²) in [5, 5.41) is 36.0. The molecule has 0 radical (unpaired) electrons. The molecule has 1 amide bonds. The second kappa shape index (κ2) is 15.7. The molecule has 0 bridgehead atoms. The summed E-state index contributed by atoms with van der Waals surface area (Å²) in [6.45, 7) is 13.7. The third-order valence-corrected chi connectivity index (χ3v) is 9.09. The Balaban J connectivity index is 1.73. The van der Waals surface area contributed by atoms with Crippen LogP contribution >= 0.6 is 0 Å². The van der Waals surface area contributed by atoms with Crippen molar-refractivity contribution in [3.8, 4) is 0 Å². The van der Waals surface area contributed by atoms with Crippen LogP contribution in [-0.4, -0.2) is 94.3 Å². The van der Waals surface area contributed by atoms with Gasteiger partial charge in [-0.2, -0.15) is 0 Å². The van der Waals surface area contributed by atoms with Crippen LogP contribution in [0.15, 0.2) is 36.0 Å². The zero-order chi connectivity index (χ0) is 31.8. The van der Waals surface area contributed by atoms with Crippen LogP contribution in [0.4, 0.5) is 4.79 Å². The fourth-order valence-corrected chi connectivity index (χ4v) is 5.82. The van der Waals surface area contributed by atoms with E-state index in [4.69, 9.17) is 14.2 Å². The Kier molecular flexibility index (Phi) is 12.8. The van der Waals surface area contributed by atoms with Crippen LogP contribution in [0.5, 0.6) is 0 Å². The second-order valence-corrected chi connectivity index (χ2v) is 12.9. The highest BCUT2D eigenvalue weighted by molar-refractivity contribution is 5.70. The minimum Gasteiger partial charge on any atom is -0.442 e. The average molecular weight is 607 g/mol. The van der Waals surface area contributed by atoms with Gasteiger partial charge in [0.25, 0.3) is 0 Å². The van der Waals surface area contributed by atoms with Crippen molar-refractivity contribution >= 4 is 12.1 Å². The Bertz CT molecular complexity index is 1020. The molecule has 244 valence electrons. The number of cyclic esters (lactones) is 1. The number of rotatable bonds is 9. The lowest BCUT2D eigenvalue weighted by Crippen LogP contribution is -2.47. The van der Waals surface area contributed by atoms with Crippen molar-refractivity contribution in [1.29, 1.82) is 0 Å². The molecule has 0 aliphatic carbocycles. The smallest absolute Gasteiger partial charge is 0.410 e. The standard InChI is InChI=1S/C33H54N2O8/c1-7-26(36)25(5)30-28(41-30)21-32(6,39)16-10-12-23(3)33(40)24(4)14-15-27(22(2)11-8-9-13-29(37)43-33)42-31(38)35-19-17-34-18-20-35/h10,12,14-16,22,24-28,30,34,36,39-40H,7-9,11,13,17-21H2,1-6H3/b15-14?,16-10+,23-12+/t22?,24?,25-,26+,27?,28-,30-,32+,33?/m1/s1. The maximum Gasteiger partial charge on any atom is 0.410 e. The average Bonchev–Trinajstić information content (AvgIpc) is 3.73. The van der Waals surface area contributed by atoms with Gasteiger partial charge in [-0.05, 0) is 50.7 Å². The first-order valence-electron chi connectivity index (χ1n) is 16.0. The van der Waals surface area contributed by atoms with Crippen LogP contribution in [0.3, 0.4) is 0 Å². The molecule has 4 N–H and O–H groups in total. The summed E-state index contributed by atoms with van der Waals surface area (Å²) in [4.78, 5) is 27.3. The Morgan fingerprint density at radius 3 is 2.65 bits per heavy atom. The molecule has 2 fully saturated rings. The van der Waals surface area contributed by atoms with Gasteiger partial charge in [-0.1, -0.05) is 58.4 Å². The lowest BCUT2D eigenvalue weighted by molar-refractivity contribution is -0.205. The van der Waals surface area contributed by atoms with E-state index in [1.165, 1.54) is 0 Å². The molecule has 0 aromatic carbocycles. The number of carbonyl (C=O) groups is 2. The largest absolute Gasteiger partial charge is 0.442 e. The molecule has 3 aliphatic rings. The highest BCUT2D eigenvalue weighted by atomic mass is 16.7. The Morgan fingerprint density at radius 1 is 1.28 bits per heavy atom. The number of carbonyl (C=O) groups excluding carboxylic acids is 2. The van der Waals surface area contributed by atoms with Gasteiger partial charge < -0.3 is 39.7 Å². The molecule has 2 saturated heterocycles. The summed E-state index contributed by atoms with van der Waals surface area (Å²) >= 11 is 0. The van der Waals surface area contributed by atoms with Gasteiger partial charge in [0.05, 0.1) is 23.9 Å².